The Hall–Kier alpha value is -1.94. The molecule has 0 aromatic rings. The van der Waals surface area contributed by atoms with E-state index in [1.54, 1.807) is 0 Å². The molecule has 6 atom stereocenters. The molecule has 0 saturated carbocycles. The van der Waals surface area contributed by atoms with Gasteiger partial charge in [0.15, 0.2) is 12.2 Å². The summed E-state index contributed by atoms with van der Waals surface area (Å²) in [4.78, 5) is 72.6. The van der Waals surface area contributed by atoms with Crippen LogP contribution in [0.3, 0.4) is 0 Å². The molecule has 0 aliphatic carbocycles. The molecule has 0 bridgehead atoms. The van der Waals surface area contributed by atoms with Crippen molar-refractivity contribution in [2.45, 2.75) is 414 Å². The molecule has 0 aliphatic rings. The average Bonchev–Trinajstić information content (AvgIpc) is 1.41. The summed E-state index contributed by atoms with van der Waals surface area (Å²) in [5, 5.41) is 10.6. The van der Waals surface area contributed by atoms with Crippen molar-refractivity contribution >= 4 is 39.5 Å². The van der Waals surface area contributed by atoms with Gasteiger partial charge in [-0.1, -0.05) is 344 Å². The summed E-state index contributed by atoms with van der Waals surface area (Å²) in [6.07, 6.45) is 54.5. The van der Waals surface area contributed by atoms with Gasteiger partial charge in [0.25, 0.3) is 0 Å². The van der Waals surface area contributed by atoms with Crippen LogP contribution in [-0.2, 0) is 65.4 Å². The predicted molar refractivity (Wildman–Crippen MR) is 391 cm³/mol. The van der Waals surface area contributed by atoms with E-state index in [1.807, 2.05) is 0 Å². The van der Waals surface area contributed by atoms with Gasteiger partial charge in [-0.2, -0.15) is 0 Å². The number of aliphatic hydroxyl groups excluding tert-OH is 1. The van der Waals surface area contributed by atoms with Crippen molar-refractivity contribution < 1.29 is 80.2 Å². The Labute approximate surface area is 588 Å². The summed E-state index contributed by atoms with van der Waals surface area (Å²) in [5.74, 6) is 0.222. The highest BCUT2D eigenvalue weighted by atomic mass is 31.2. The fourth-order valence-corrected chi connectivity index (χ4v) is 13.3. The summed E-state index contributed by atoms with van der Waals surface area (Å²) < 4.78 is 68.4. The van der Waals surface area contributed by atoms with Crippen molar-refractivity contribution in [3.63, 3.8) is 0 Å². The topological polar surface area (TPSA) is 237 Å². The molecule has 3 unspecified atom stereocenters. The van der Waals surface area contributed by atoms with Crippen LogP contribution >= 0.6 is 15.6 Å². The fourth-order valence-electron chi connectivity index (χ4n) is 11.7. The van der Waals surface area contributed by atoms with E-state index < -0.39 is 97.5 Å². The Kier molecular flexibility index (Phi) is 66.2. The maximum absolute atomic E-state index is 13.1. The lowest BCUT2D eigenvalue weighted by Gasteiger charge is -2.21. The standard InChI is InChI=1S/C77H150O17P2/c1-8-10-11-12-34-44-51-58-74(79)87-64-73(94-77(82)61-54-47-40-39-43-50-57-70(7)9-2)67-92-96(85,86)90-63-71(78)62-89-95(83,84)91-66-72(65-88-75(80)59-52-45-37-32-28-24-21-17-19-23-27-31-36-42-49-56-69(5)6)93-76(81)60-53-46-38-33-29-25-20-16-14-13-15-18-22-26-30-35-41-48-55-68(3)4/h68-73,78H,8-67H2,1-7H3,(H,83,84)(H,85,86)/t70?,71-,72-,73-/m1/s1. The number of carbonyl (C=O) groups excluding carboxylic acids is 4. The van der Waals surface area contributed by atoms with Gasteiger partial charge >= 0.3 is 39.5 Å². The highest BCUT2D eigenvalue weighted by molar-refractivity contribution is 7.47. The number of hydrogen-bond acceptors (Lipinski definition) is 15. The minimum atomic E-state index is -4.96. The van der Waals surface area contributed by atoms with Gasteiger partial charge in [0.1, 0.15) is 19.3 Å². The van der Waals surface area contributed by atoms with Gasteiger partial charge in [0.05, 0.1) is 26.4 Å². The molecule has 0 aromatic carbocycles. The van der Waals surface area contributed by atoms with Crippen molar-refractivity contribution in [2.75, 3.05) is 39.6 Å². The van der Waals surface area contributed by atoms with E-state index in [9.17, 15) is 43.2 Å². The number of ether oxygens (including phenoxy) is 4. The van der Waals surface area contributed by atoms with Crippen molar-refractivity contribution in [1.82, 2.24) is 0 Å². The summed E-state index contributed by atoms with van der Waals surface area (Å²) in [7, 11) is -9.91. The van der Waals surface area contributed by atoms with Crippen LogP contribution < -0.4 is 0 Å². The number of phosphoric acid groups is 2. The van der Waals surface area contributed by atoms with Crippen LogP contribution in [-0.4, -0.2) is 96.7 Å². The first-order valence-corrected chi connectivity index (χ1v) is 42.9. The lowest BCUT2D eigenvalue weighted by Crippen LogP contribution is -2.30. The van der Waals surface area contributed by atoms with Crippen LogP contribution in [0.5, 0.6) is 0 Å². The Bertz CT molecular complexity index is 1870. The maximum Gasteiger partial charge on any atom is 0.472 e. The van der Waals surface area contributed by atoms with Gasteiger partial charge < -0.3 is 33.8 Å². The minimum absolute atomic E-state index is 0.103. The second-order valence-electron chi connectivity index (χ2n) is 28.9. The first-order valence-electron chi connectivity index (χ1n) is 39.9. The molecule has 0 amide bonds. The molecule has 17 nitrogen and oxygen atoms in total. The zero-order chi connectivity index (χ0) is 70.9. The molecular formula is C77H150O17P2. The highest BCUT2D eigenvalue weighted by Crippen LogP contribution is 2.45. The molecule has 0 aromatic heterocycles. The molecule has 3 N–H and O–H groups in total. The van der Waals surface area contributed by atoms with Gasteiger partial charge in [-0.25, -0.2) is 9.13 Å². The Morgan fingerprint density at radius 1 is 0.302 bits per heavy atom. The number of unbranched alkanes of at least 4 members (excludes halogenated alkanes) is 42. The maximum atomic E-state index is 13.1. The van der Waals surface area contributed by atoms with Gasteiger partial charge in [0, 0.05) is 25.7 Å². The molecule has 96 heavy (non-hydrogen) atoms. The third-order valence-electron chi connectivity index (χ3n) is 18.2. The molecule has 0 spiro atoms. The second-order valence-corrected chi connectivity index (χ2v) is 31.8. The van der Waals surface area contributed by atoms with Crippen LogP contribution in [0, 0.1) is 17.8 Å². The Morgan fingerprint density at radius 2 is 0.531 bits per heavy atom. The fraction of sp³-hybridized carbons (Fsp3) is 0.948. The Morgan fingerprint density at radius 3 is 0.792 bits per heavy atom. The number of aliphatic hydroxyl groups is 1. The van der Waals surface area contributed by atoms with E-state index in [1.165, 1.54) is 193 Å². The second kappa shape index (κ2) is 67.5. The largest absolute Gasteiger partial charge is 0.472 e. The van der Waals surface area contributed by atoms with Crippen molar-refractivity contribution in [3.8, 4) is 0 Å². The van der Waals surface area contributed by atoms with Gasteiger partial charge in [-0.3, -0.25) is 37.3 Å². The highest BCUT2D eigenvalue weighted by Gasteiger charge is 2.30. The number of esters is 4. The first-order chi connectivity index (χ1) is 46.3. The lowest BCUT2D eigenvalue weighted by atomic mass is 10.00. The molecule has 0 rings (SSSR count). The molecule has 0 fully saturated rings. The summed E-state index contributed by atoms with van der Waals surface area (Å²) in [5.41, 5.74) is 0. The van der Waals surface area contributed by atoms with E-state index in [2.05, 4.69) is 48.5 Å². The minimum Gasteiger partial charge on any atom is -0.462 e. The molecule has 19 heteroatoms. The molecule has 570 valence electrons. The summed E-state index contributed by atoms with van der Waals surface area (Å²) in [6.45, 7) is 11.9. The first kappa shape index (κ1) is 94.1. The normalized spacial score (nSPS) is 14.3. The van der Waals surface area contributed by atoms with Crippen LogP contribution in [0.4, 0.5) is 0 Å². The molecule has 0 aliphatic heterocycles. The number of rotatable bonds is 75. The monoisotopic (exact) mass is 1410 g/mol. The average molecular weight is 1410 g/mol. The van der Waals surface area contributed by atoms with E-state index in [0.29, 0.717) is 25.7 Å². The molecular weight excluding hydrogens is 1260 g/mol. The SMILES string of the molecule is CCCCCCCCCC(=O)OC[C@H](COP(=O)(O)OC[C@H](O)COP(=O)(O)OC[C@@H](COC(=O)CCCCCCCCCCCCCCCCCC(C)C)OC(=O)CCCCCCCCCCCCCCCCCCCCC(C)C)OC(=O)CCCCCCCCC(C)CC. The molecule has 0 saturated heterocycles. The van der Waals surface area contributed by atoms with Gasteiger partial charge in [0.2, 0.25) is 0 Å². The zero-order valence-electron chi connectivity index (χ0n) is 62.8. The van der Waals surface area contributed by atoms with Crippen molar-refractivity contribution in [1.29, 1.82) is 0 Å². The van der Waals surface area contributed by atoms with E-state index in [4.69, 9.17) is 37.0 Å². The van der Waals surface area contributed by atoms with Crippen molar-refractivity contribution in [2.24, 2.45) is 17.8 Å². The third kappa shape index (κ3) is 69.2. The lowest BCUT2D eigenvalue weighted by molar-refractivity contribution is -0.161. The van der Waals surface area contributed by atoms with Crippen LogP contribution in [0.2, 0.25) is 0 Å². The number of phosphoric ester groups is 2. The van der Waals surface area contributed by atoms with Crippen LogP contribution in [0.15, 0.2) is 0 Å². The summed E-state index contributed by atoms with van der Waals surface area (Å²) in [6, 6.07) is 0. The zero-order valence-corrected chi connectivity index (χ0v) is 64.6. The van der Waals surface area contributed by atoms with Crippen LogP contribution in [0.1, 0.15) is 395 Å². The van der Waals surface area contributed by atoms with E-state index in [0.717, 1.165) is 120 Å². The quantitative estimate of drug-likeness (QED) is 0.0222. The van der Waals surface area contributed by atoms with Gasteiger partial charge in [-0.15, -0.1) is 0 Å². The predicted octanol–water partition coefficient (Wildman–Crippen LogP) is 22.6. The van der Waals surface area contributed by atoms with E-state index in [-0.39, 0.29) is 25.7 Å². The van der Waals surface area contributed by atoms with Crippen molar-refractivity contribution in [3.05, 3.63) is 0 Å². The van der Waals surface area contributed by atoms with E-state index >= 15 is 0 Å². The third-order valence-corrected chi connectivity index (χ3v) is 20.1. The number of hydrogen-bond donors (Lipinski definition) is 3. The Balaban J connectivity index is 5.16. The molecule has 0 radical (unpaired) electrons. The van der Waals surface area contributed by atoms with Gasteiger partial charge in [-0.05, 0) is 43.4 Å². The summed E-state index contributed by atoms with van der Waals surface area (Å²) >= 11 is 0. The smallest absolute Gasteiger partial charge is 0.462 e. The van der Waals surface area contributed by atoms with Crippen LogP contribution in [0.25, 0.3) is 0 Å². The molecule has 0 heterocycles. The number of carbonyl (C=O) groups is 4.